The van der Waals surface area contributed by atoms with Crippen LogP contribution in [0.1, 0.15) is 11.1 Å². The van der Waals surface area contributed by atoms with Crippen LogP contribution in [0.2, 0.25) is 0 Å². The molecule has 3 nitrogen and oxygen atoms in total. The van der Waals surface area contributed by atoms with Gasteiger partial charge in [-0.2, -0.15) is 0 Å². The highest BCUT2D eigenvalue weighted by molar-refractivity contribution is 8.00. The Hall–Kier alpha value is -1.81. The number of amides is 1. The van der Waals surface area contributed by atoms with Crippen molar-refractivity contribution in [3.63, 3.8) is 0 Å². The Labute approximate surface area is 117 Å². The first-order valence-electron chi connectivity index (χ1n) is 6.05. The SMILES string of the molecule is Cc1ccc(SCC(=O)Nc2cc(C)ccn2)cc1. The molecule has 0 aliphatic rings. The van der Waals surface area contributed by atoms with E-state index in [2.05, 4.69) is 10.3 Å². The van der Waals surface area contributed by atoms with E-state index in [9.17, 15) is 4.79 Å². The Morgan fingerprint density at radius 2 is 1.89 bits per heavy atom. The van der Waals surface area contributed by atoms with E-state index in [0.717, 1.165) is 10.5 Å². The molecule has 0 atom stereocenters. The summed E-state index contributed by atoms with van der Waals surface area (Å²) >= 11 is 1.52. The van der Waals surface area contributed by atoms with Gasteiger partial charge in [-0.3, -0.25) is 4.79 Å². The van der Waals surface area contributed by atoms with Crippen molar-refractivity contribution in [2.75, 3.05) is 11.1 Å². The first-order valence-corrected chi connectivity index (χ1v) is 7.04. The van der Waals surface area contributed by atoms with Crippen LogP contribution in [-0.4, -0.2) is 16.6 Å². The predicted molar refractivity (Wildman–Crippen MR) is 79.5 cm³/mol. The van der Waals surface area contributed by atoms with Gasteiger partial charge in [0.05, 0.1) is 5.75 Å². The van der Waals surface area contributed by atoms with Crippen molar-refractivity contribution in [1.82, 2.24) is 4.98 Å². The van der Waals surface area contributed by atoms with E-state index in [1.54, 1.807) is 6.20 Å². The number of aryl methyl sites for hydroxylation is 2. The summed E-state index contributed by atoms with van der Waals surface area (Å²) in [6.07, 6.45) is 1.69. The van der Waals surface area contributed by atoms with Crippen molar-refractivity contribution in [3.05, 3.63) is 53.7 Å². The van der Waals surface area contributed by atoms with E-state index in [1.807, 2.05) is 50.2 Å². The molecular weight excluding hydrogens is 256 g/mol. The molecule has 2 rings (SSSR count). The van der Waals surface area contributed by atoms with Gasteiger partial charge in [-0.15, -0.1) is 11.8 Å². The number of pyridine rings is 1. The number of nitrogens with zero attached hydrogens (tertiary/aromatic N) is 1. The Balaban J connectivity index is 1.86. The van der Waals surface area contributed by atoms with E-state index >= 15 is 0 Å². The van der Waals surface area contributed by atoms with Gasteiger partial charge in [-0.1, -0.05) is 17.7 Å². The molecule has 98 valence electrons. The standard InChI is InChI=1S/C15H16N2OS/c1-11-3-5-13(6-4-11)19-10-15(18)17-14-9-12(2)7-8-16-14/h3-9H,10H2,1-2H3,(H,16,17,18). The van der Waals surface area contributed by atoms with Crippen molar-refractivity contribution < 1.29 is 4.79 Å². The number of hydrogen-bond acceptors (Lipinski definition) is 3. The van der Waals surface area contributed by atoms with Crippen LogP contribution in [0.15, 0.2) is 47.5 Å². The van der Waals surface area contributed by atoms with Gasteiger partial charge in [-0.25, -0.2) is 4.98 Å². The normalized spacial score (nSPS) is 10.2. The van der Waals surface area contributed by atoms with Crippen molar-refractivity contribution in [2.24, 2.45) is 0 Å². The maximum Gasteiger partial charge on any atom is 0.235 e. The second-order valence-corrected chi connectivity index (χ2v) is 5.42. The number of carbonyl (C=O) groups excluding carboxylic acids is 1. The molecule has 0 radical (unpaired) electrons. The zero-order valence-electron chi connectivity index (χ0n) is 11.0. The highest BCUT2D eigenvalue weighted by atomic mass is 32.2. The van der Waals surface area contributed by atoms with E-state index in [1.165, 1.54) is 17.3 Å². The van der Waals surface area contributed by atoms with Crippen LogP contribution in [0, 0.1) is 13.8 Å². The lowest BCUT2D eigenvalue weighted by molar-refractivity contribution is -0.113. The Bertz CT molecular complexity index is 567. The maximum absolute atomic E-state index is 11.8. The van der Waals surface area contributed by atoms with Crippen molar-refractivity contribution >= 4 is 23.5 Å². The molecule has 0 bridgehead atoms. The van der Waals surface area contributed by atoms with Crippen molar-refractivity contribution in [1.29, 1.82) is 0 Å². The zero-order chi connectivity index (χ0) is 13.7. The molecule has 0 spiro atoms. The average molecular weight is 272 g/mol. The van der Waals surface area contributed by atoms with E-state index in [-0.39, 0.29) is 5.91 Å². The summed E-state index contributed by atoms with van der Waals surface area (Å²) in [5.41, 5.74) is 2.30. The summed E-state index contributed by atoms with van der Waals surface area (Å²) in [6.45, 7) is 4.02. The number of aromatic nitrogens is 1. The minimum absolute atomic E-state index is 0.0383. The second-order valence-electron chi connectivity index (χ2n) is 4.37. The highest BCUT2D eigenvalue weighted by Crippen LogP contribution is 2.18. The molecular formula is C15H16N2OS. The summed E-state index contributed by atoms with van der Waals surface area (Å²) in [7, 11) is 0. The van der Waals surface area contributed by atoms with Crippen LogP contribution < -0.4 is 5.32 Å². The fraction of sp³-hybridized carbons (Fsp3) is 0.200. The second kappa shape index (κ2) is 6.38. The molecule has 1 heterocycles. The van der Waals surface area contributed by atoms with Gasteiger partial charge in [0.25, 0.3) is 0 Å². The van der Waals surface area contributed by atoms with Crippen LogP contribution in [0.4, 0.5) is 5.82 Å². The molecule has 0 fully saturated rings. The molecule has 0 unspecified atom stereocenters. The molecule has 0 aliphatic heterocycles. The van der Waals surface area contributed by atoms with Gasteiger partial charge in [-0.05, 0) is 43.7 Å². The van der Waals surface area contributed by atoms with Crippen LogP contribution in [0.3, 0.4) is 0 Å². The molecule has 0 saturated carbocycles. The molecule has 1 amide bonds. The van der Waals surface area contributed by atoms with Crippen molar-refractivity contribution in [3.8, 4) is 0 Å². The molecule has 0 aliphatic carbocycles. The van der Waals surface area contributed by atoms with Crippen LogP contribution in [-0.2, 0) is 4.79 Å². The van der Waals surface area contributed by atoms with E-state index < -0.39 is 0 Å². The monoisotopic (exact) mass is 272 g/mol. The van der Waals surface area contributed by atoms with Gasteiger partial charge in [0, 0.05) is 11.1 Å². The number of thioether (sulfide) groups is 1. The van der Waals surface area contributed by atoms with Crippen LogP contribution in [0.5, 0.6) is 0 Å². The molecule has 19 heavy (non-hydrogen) atoms. The lowest BCUT2D eigenvalue weighted by Crippen LogP contribution is -2.14. The minimum Gasteiger partial charge on any atom is -0.310 e. The maximum atomic E-state index is 11.8. The molecule has 1 aromatic carbocycles. The fourth-order valence-electron chi connectivity index (χ4n) is 1.57. The number of rotatable bonds is 4. The van der Waals surface area contributed by atoms with Gasteiger partial charge >= 0.3 is 0 Å². The van der Waals surface area contributed by atoms with E-state index in [0.29, 0.717) is 11.6 Å². The molecule has 4 heteroatoms. The summed E-state index contributed by atoms with van der Waals surface area (Å²) in [6, 6.07) is 11.9. The largest absolute Gasteiger partial charge is 0.310 e. The number of nitrogens with one attached hydrogen (secondary N) is 1. The fourth-order valence-corrected chi connectivity index (χ4v) is 2.27. The average Bonchev–Trinajstić information content (AvgIpc) is 2.38. The third kappa shape index (κ3) is 4.41. The van der Waals surface area contributed by atoms with Crippen LogP contribution >= 0.6 is 11.8 Å². The topological polar surface area (TPSA) is 42.0 Å². The molecule has 2 aromatic rings. The highest BCUT2D eigenvalue weighted by Gasteiger charge is 2.04. The number of benzene rings is 1. The Morgan fingerprint density at radius 1 is 1.16 bits per heavy atom. The van der Waals surface area contributed by atoms with Gasteiger partial charge in [0.2, 0.25) is 5.91 Å². The smallest absolute Gasteiger partial charge is 0.235 e. The summed E-state index contributed by atoms with van der Waals surface area (Å²) in [5, 5.41) is 2.79. The van der Waals surface area contributed by atoms with Crippen molar-refractivity contribution in [2.45, 2.75) is 18.7 Å². The van der Waals surface area contributed by atoms with E-state index in [4.69, 9.17) is 0 Å². The summed E-state index contributed by atoms with van der Waals surface area (Å²) in [5.74, 6) is 0.955. The number of hydrogen-bond donors (Lipinski definition) is 1. The van der Waals surface area contributed by atoms with Gasteiger partial charge in [0.15, 0.2) is 0 Å². The summed E-state index contributed by atoms with van der Waals surface area (Å²) < 4.78 is 0. The quantitative estimate of drug-likeness (QED) is 0.867. The Morgan fingerprint density at radius 3 is 2.58 bits per heavy atom. The Kier molecular flexibility index (Phi) is 4.58. The van der Waals surface area contributed by atoms with Crippen LogP contribution in [0.25, 0.3) is 0 Å². The zero-order valence-corrected chi connectivity index (χ0v) is 11.8. The first-order chi connectivity index (χ1) is 9.13. The van der Waals surface area contributed by atoms with Gasteiger partial charge in [0.1, 0.15) is 5.82 Å². The predicted octanol–water partition coefficient (Wildman–Crippen LogP) is 3.43. The number of anilines is 1. The summed E-state index contributed by atoms with van der Waals surface area (Å²) in [4.78, 5) is 17.0. The molecule has 1 aromatic heterocycles. The van der Waals surface area contributed by atoms with Gasteiger partial charge < -0.3 is 5.32 Å². The minimum atomic E-state index is -0.0383. The first kappa shape index (κ1) is 13.6. The third-order valence-electron chi connectivity index (χ3n) is 2.57. The lowest BCUT2D eigenvalue weighted by Gasteiger charge is -2.05. The third-order valence-corrected chi connectivity index (χ3v) is 3.59. The lowest BCUT2D eigenvalue weighted by atomic mass is 10.2. The number of carbonyl (C=O) groups is 1. The molecule has 1 N–H and O–H groups in total. The molecule has 0 saturated heterocycles.